The zero-order chi connectivity index (χ0) is 14.8. The topological polar surface area (TPSA) is 94.1 Å². The highest BCUT2D eigenvalue weighted by molar-refractivity contribution is 6.30. The van der Waals surface area contributed by atoms with Crippen LogP contribution in [0.1, 0.15) is 16.4 Å². The Morgan fingerprint density at radius 2 is 2.14 bits per heavy atom. The Balaban J connectivity index is 1.80. The van der Waals surface area contributed by atoms with E-state index in [4.69, 9.17) is 20.5 Å². The van der Waals surface area contributed by atoms with Crippen molar-refractivity contribution in [3.8, 4) is 11.5 Å². The SMILES string of the molecule is Cc1cc(NC(=O)c2nnc(-c3cccc(Cl)c3)o2)no1. The number of aryl methyl sites for hydroxylation is 1. The third-order valence-corrected chi connectivity index (χ3v) is 2.80. The molecule has 1 N–H and O–H groups in total. The van der Waals surface area contributed by atoms with Crippen molar-refractivity contribution in [1.29, 1.82) is 0 Å². The summed E-state index contributed by atoms with van der Waals surface area (Å²) in [5, 5.41) is 14.2. The Morgan fingerprint density at radius 3 is 2.86 bits per heavy atom. The van der Waals surface area contributed by atoms with Crippen LogP contribution in [0.5, 0.6) is 0 Å². The molecular formula is C13H9ClN4O3. The minimum Gasteiger partial charge on any atom is -0.412 e. The van der Waals surface area contributed by atoms with E-state index in [1.807, 2.05) is 0 Å². The second kappa shape index (κ2) is 5.37. The molecule has 0 aliphatic carbocycles. The van der Waals surface area contributed by atoms with Crippen molar-refractivity contribution in [2.24, 2.45) is 0 Å². The van der Waals surface area contributed by atoms with Gasteiger partial charge in [-0.1, -0.05) is 22.8 Å². The van der Waals surface area contributed by atoms with Gasteiger partial charge in [0.1, 0.15) is 5.76 Å². The number of aromatic nitrogens is 3. The number of hydrogen-bond acceptors (Lipinski definition) is 6. The van der Waals surface area contributed by atoms with Crippen LogP contribution in [0.3, 0.4) is 0 Å². The Hall–Kier alpha value is -2.67. The number of halogens is 1. The van der Waals surface area contributed by atoms with Crippen LogP contribution in [0.2, 0.25) is 5.02 Å². The lowest BCUT2D eigenvalue weighted by molar-refractivity contribution is 0.0990. The van der Waals surface area contributed by atoms with Gasteiger partial charge >= 0.3 is 11.8 Å². The van der Waals surface area contributed by atoms with Gasteiger partial charge in [0.25, 0.3) is 0 Å². The third-order valence-electron chi connectivity index (χ3n) is 2.56. The number of anilines is 1. The van der Waals surface area contributed by atoms with Gasteiger partial charge in [-0.05, 0) is 25.1 Å². The lowest BCUT2D eigenvalue weighted by Gasteiger charge is -1.96. The molecule has 0 saturated heterocycles. The highest BCUT2D eigenvalue weighted by Gasteiger charge is 2.17. The van der Waals surface area contributed by atoms with Crippen molar-refractivity contribution < 1.29 is 13.7 Å². The number of carbonyl (C=O) groups excluding carboxylic acids is 1. The van der Waals surface area contributed by atoms with Gasteiger partial charge in [-0.15, -0.1) is 10.2 Å². The molecular weight excluding hydrogens is 296 g/mol. The van der Waals surface area contributed by atoms with Gasteiger partial charge < -0.3 is 8.94 Å². The molecule has 1 aromatic carbocycles. The molecule has 0 bridgehead atoms. The molecule has 0 saturated carbocycles. The second-order valence-electron chi connectivity index (χ2n) is 4.20. The highest BCUT2D eigenvalue weighted by Crippen LogP contribution is 2.21. The van der Waals surface area contributed by atoms with Crippen LogP contribution in [0.4, 0.5) is 5.82 Å². The van der Waals surface area contributed by atoms with Crippen molar-refractivity contribution in [3.05, 3.63) is 47.0 Å². The Morgan fingerprint density at radius 1 is 1.29 bits per heavy atom. The number of hydrogen-bond donors (Lipinski definition) is 1. The monoisotopic (exact) mass is 304 g/mol. The van der Waals surface area contributed by atoms with E-state index >= 15 is 0 Å². The molecule has 0 atom stereocenters. The molecule has 0 aliphatic rings. The number of rotatable bonds is 3. The summed E-state index contributed by atoms with van der Waals surface area (Å²) in [7, 11) is 0. The molecule has 3 aromatic rings. The predicted octanol–water partition coefficient (Wildman–Crippen LogP) is 2.94. The van der Waals surface area contributed by atoms with Crippen LogP contribution in [0.15, 0.2) is 39.3 Å². The van der Waals surface area contributed by atoms with Crippen LogP contribution in [0, 0.1) is 6.92 Å². The van der Waals surface area contributed by atoms with E-state index in [2.05, 4.69) is 20.7 Å². The minimum atomic E-state index is -0.566. The normalized spacial score (nSPS) is 10.6. The number of nitrogens with one attached hydrogen (secondary N) is 1. The van der Waals surface area contributed by atoms with Crippen LogP contribution in [0.25, 0.3) is 11.5 Å². The van der Waals surface area contributed by atoms with Gasteiger partial charge in [-0.3, -0.25) is 10.1 Å². The first kappa shape index (κ1) is 13.3. The molecule has 21 heavy (non-hydrogen) atoms. The molecule has 0 fully saturated rings. The molecule has 0 aliphatic heterocycles. The molecule has 0 unspecified atom stereocenters. The number of nitrogens with zero attached hydrogens (tertiary/aromatic N) is 3. The zero-order valence-corrected chi connectivity index (χ0v) is 11.6. The van der Waals surface area contributed by atoms with Gasteiger partial charge in [0.15, 0.2) is 5.82 Å². The summed E-state index contributed by atoms with van der Waals surface area (Å²) >= 11 is 5.89. The largest absolute Gasteiger partial charge is 0.412 e. The van der Waals surface area contributed by atoms with Crippen LogP contribution >= 0.6 is 11.6 Å². The lowest BCUT2D eigenvalue weighted by Crippen LogP contribution is -2.12. The number of benzene rings is 1. The molecule has 3 rings (SSSR count). The fraction of sp³-hybridized carbons (Fsp3) is 0.0769. The summed E-state index contributed by atoms with van der Waals surface area (Å²) in [5.74, 6) is 0.323. The average molecular weight is 305 g/mol. The summed E-state index contributed by atoms with van der Waals surface area (Å²) in [6.45, 7) is 1.71. The smallest absolute Gasteiger partial charge is 0.314 e. The van der Waals surface area contributed by atoms with Crippen LogP contribution < -0.4 is 5.32 Å². The standard InChI is InChI=1S/C13H9ClN4O3/c1-7-5-10(18-21-7)15-11(19)13-17-16-12(20-13)8-3-2-4-9(14)6-8/h2-6H,1H3,(H,15,18,19). The van der Waals surface area contributed by atoms with Crippen molar-refractivity contribution in [2.45, 2.75) is 6.92 Å². The minimum absolute atomic E-state index is 0.175. The molecule has 7 nitrogen and oxygen atoms in total. The summed E-state index contributed by atoms with van der Waals surface area (Å²) < 4.78 is 10.2. The van der Waals surface area contributed by atoms with E-state index < -0.39 is 5.91 Å². The first-order valence-electron chi connectivity index (χ1n) is 5.96. The molecule has 0 spiro atoms. The van der Waals surface area contributed by atoms with Gasteiger partial charge in [0.2, 0.25) is 5.89 Å². The maximum atomic E-state index is 11.9. The Bertz CT molecular complexity index is 796. The second-order valence-corrected chi connectivity index (χ2v) is 4.64. The van der Waals surface area contributed by atoms with E-state index in [0.29, 0.717) is 16.3 Å². The van der Waals surface area contributed by atoms with E-state index in [1.54, 1.807) is 37.3 Å². The first-order valence-corrected chi connectivity index (χ1v) is 6.34. The average Bonchev–Trinajstić information content (AvgIpc) is 3.08. The fourth-order valence-corrected chi connectivity index (χ4v) is 1.84. The Labute approximate surface area is 123 Å². The summed E-state index contributed by atoms with van der Waals surface area (Å²) in [6, 6.07) is 8.47. The number of amides is 1. The van der Waals surface area contributed by atoms with Crippen molar-refractivity contribution in [2.75, 3.05) is 5.32 Å². The van der Waals surface area contributed by atoms with Gasteiger partial charge in [-0.2, -0.15) is 0 Å². The lowest BCUT2D eigenvalue weighted by atomic mass is 10.2. The fourth-order valence-electron chi connectivity index (χ4n) is 1.65. The molecule has 8 heteroatoms. The van der Waals surface area contributed by atoms with E-state index in [9.17, 15) is 4.79 Å². The highest BCUT2D eigenvalue weighted by atomic mass is 35.5. The van der Waals surface area contributed by atoms with Crippen LogP contribution in [-0.4, -0.2) is 21.3 Å². The summed E-state index contributed by atoms with van der Waals surface area (Å²) in [5.41, 5.74) is 0.631. The third kappa shape index (κ3) is 2.92. The predicted molar refractivity (Wildman–Crippen MR) is 73.9 cm³/mol. The van der Waals surface area contributed by atoms with Gasteiger partial charge in [0.05, 0.1) is 0 Å². The first-order chi connectivity index (χ1) is 10.1. The van der Waals surface area contributed by atoms with Gasteiger partial charge in [0, 0.05) is 16.7 Å². The van der Waals surface area contributed by atoms with Crippen molar-refractivity contribution in [1.82, 2.24) is 15.4 Å². The molecule has 2 heterocycles. The summed E-state index contributed by atoms with van der Waals surface area (Å²) in [4.78, 5) is 11.9. The van der Waals surface area contributed by atoms with E-state index in [0.717, 1.165) is 0 Å². The summed E-state index contributed by atoms with van der Waals surface area (Å²) in [6.07, 6.45) is 0. The zero-order valence-electron chi connectivity index (χ0n) is 10.8. The molecule has 2 aromatic heterocycles. The van der Waals surface area contributed by atoms with E-state index in [1.165, 1.54) is 0 Å². The van der Waals surface area contributed by atoms with E-state index in [-0.39, 0.29) is 17.6 Å². The quantitative estimate of drug-likeness (QED) is 0.799. The maximum absolute atomic E-state index is 11.9. The number of carbonyl (C=O) groups is 1. The van der Waals surface area contributed by atoms with Crippen LogP contribution in [-0.2, 0) is 0 Å². The van der Waals surface area contributed by atoms with Crippen molar-refractivity contribution in [3.63, 3.8) is 0 Å². The van der Waals surface area contributed by atoms with Gasteiger partial charge in [-0.25, -0.2) is 0 Å². The molecule has 106 valence electrons. The molecule has 0 radical (unpaired) electrons. The molecule has 1 amide bonds. The Kier molecular flexibility index (Phi) is 3.41. The maximum Gasteiger partial charge on any atom is 0.314 e. The van der Waals surface area contributed by atoms with Crippen molar-refractivity contribution >= 4 is 23.3 Å².